The highest BCUT2D eigenvalue weighted by molar-refractivity contribution is 6.87. The molecular weight excluding hydrogens is 248 g/mol. The Labute approximate surface area is 118 Å². The summed E-state index contributed by atoms with van der Waals surface area (Å²) in [5.41, 5.74) is 0. The highest BCUT2D eigenvalue weighted by atomic mass is 28.3. The van der Waals surface area contributed by atoms with Gasteiger partial charge in [-0.15, -0.1) is 0 Å². The van der Waals surface area contributed by atoms with E-state index in [0.29, 0.717) is 5.04 Å². The maximum absolute atomic E-state index is 8.25. The topological polar surface area (TPSA) is 19.9 Å². The fourth-order valence-corrected chi connectivity index (χ4v) is 5.36. The van der Waals surface area contributed by atoms with Crippen LogP contribution in [0.1, 0.15) is 20.8 Å². The van der Waals surface area contributed by atoms with E-state index in [1.54, 1.807) is 0 Å². The van der Waals surface area contributed by atoms with Crippen LogP contribution >= 0.6 is 0 Å². The minimum absolute atomic E-state index is 0.327. The predicted octanol–water partition coefficient (Wildman–Crippen LogP) is 3.14. The fraction of sp³-hybridized carbons (Fsp3) is 0.294. The Balaban J connectivity index is 0.000000861. The smallest absolute Gasteiger partial charge is 0.126 e. The maximum atomic E-state index is 8.25. The van der Waals surface area contributed by atoms with Gasteiger partial charge in [0.1, 0.15) is 8.80 Å². The quantitative estimate of drug-likeness (QED) is 0.747. The molecule has 0 atom stereocenters. The Bertz CT molecular complexity index is 420. The van der Waals surface area contributed by atoms with E-state index in [2.05, 4.69) is 81.4 Å². The van der Waals surface area contributed by atoms with Crippen LogP contribution in [0.4, 0.5) is 0 Å². The first-order chi connectivity index (χ1) is 9.09. The molecule has 2 heteroatoms. The molecule has 0 saturated carbocycles. The van der Waals surface area contributed by atoms with E-state index in [9.17, 15) is 0 Å². The second-order valence-electron chi connectivity index (χ2n) is 5.36. The summed E-state index contributed by atoms with van der Waals surface area (Å²) in [5.74, 6) is 0. The average molecular weight is 270 g/mol. The Morgan fingerprint density at radius 1 is 0.684 bits per heavy atom. The monoisotopic (exact) mass is 270 g/mol. The lowest BCUT2D eigenvalue weighted by atomic mass is 10.2. The van der Waals surface area contributed by atoms with Gasteiger partial charge in [-0.05, 0) is 5.04 Å². The molecule has 0 aliphatic carbocycles. The summed E-state index contributed by atoms with van der Waals surface area (Å²) < 4.78 is 0. The molecule has 0 fully saturated rings. The third-order valence-corrected chi connectivity index (χ3v) is 6.20. The Morgan fingerprint density at radius 3 is 1.26 bits per heavy atom. The standard InChI is InChI=1S/C16H19Si.CH3O/c1-16(2,3)17(14-10-6-4-7-11-14)15-12-8-5-9-13-15;1-2/h4-13H,1-3H3;1H3. The van der Waals surface area contributed by atoms with Crippen molar-refractivity contribution in [3.63, 3.8) is 0 Å². The van der Waals surface area contributed by atoms with Crippen molar-refractivity contribution in [3.8, 4) is 0 Å². The fourth-order valence-electron chi connectivity index (χ4n) is 2.24. The van der Waals surface area contributed by atoms with Crippen LogP contribution in [0, 0.1) is 0 Å². The average Bonchev–Trinajstić information content (AvgIpc) is 2.42. The largest absolute Gasteiger partial charge is 0.240 e. The van der Waals surface area contributed by atoms with Crippen molar-refractivity contribution >= 4 is 19.2 Å². The normalized spacial score (nSPS) is 10.8. The van der Waals surface area contributed by atoms with Gasteiger partial charge in [-0.3, -0.25) is 0 Å². The van der Waals surface area contributed by atoms with E-state index in [-0.39, 0.29) is 0 Å². The van der Waals surface area contributed by atoms with Crippen LogP contribution in [0.3, 0.4) is 0 Å². The lowest BCUT2D eigenvalue weighted by Crippen LogP contribution is -2.48. The molecule has 2 rings (SSSR count). The molecule has 0 spiro atoms. The lowest BCUT2D eigenvalue weighted by Gasteiger charge is -2.29. The number of benzene rings is 2. The molecule has 2 aromatic carbocycles. The van der Waals surface area contributed by atoms with Crippen molar-refractivity contribution in [2.24, 2.45) is 0 Å². The Kier molecular flexibility index (Phi) is 5.99. The molecule has 19 heavy (non-hydrogen) atoms. The summed E-state index contributed by atoms with van der Waals surface area (Å²) in [4.78, 5) is 0. The van der Waals surface area contributed by atoms with Crippen molar-refractivity contribution in [3.05, 3.63) is 60.7 Å². The van der Waals surface area contributed by atoms with E-state index in [1.165, 1.54) is 10.4 Å². The van der Waals surface area contributed by atoms with Gasteiger partial charge in [-0.2, -0.15) is 0 Å². The van der Waals surface area contributed by atoms with Gasteiger partial charge < -0.3 is 0 Å². The van der Waals surface area contributed by atoms with Crippen molar-refractivity contribution in [1.82, 2.24) is 0 Å². The summed E-state index contributed by atoms with van der Waals surface area (Å²) in [6.07, 6.45) is 0. The summed E-state index contributed by atoms with van der Waals surface area (Å²) in [5, 5.41) is 11.6. The summed E-state index contributed by atoms with van der Waals surface area (Å²) in [7, 11) is 0.0347. The molecular formula is C17H22OSi. The van der Waals surface area contributed by atoms with Gasteiger partial charge in [0.05, 0.1) is 7.11 Å². The van der Waals surface area contributed by atoms with Gasteiger partial charge in [-0.1, -0.05) is 91.8 Å². The molecule has 2 radical (unpaired) electrons. The Hall–Kier alpha value is -1.38. The first-order valence-corrected chi connectivity index (χ1v) is 7.98. The van der Waals surface area contributed by atoms with Crippen LogP contribution in [0.25, 0.3) is 0 Å². The van der Waals surface area contributed by atoms with E-state index in [0.717, 1.165) is 7.11 Å². The molecule has 0 N–H and O–H groups in total. The summed E-state index contributed by atoms with van der Waals surface area (Å²) in [6.45, 7) is 7.05. The van der Waals surface area contributed by atoms with Gasteiger partial charge in [-0.25, -0.2) is 5.11 Å². The lowest BCUT2D eigenvalue weighted by molar-refractivity contribution is 0.282. The van der Waals surface area contributed by atoms with Crippen molar-refractivity contribution in [2.75, 3.05) is 7.11 Å². The van der Waals surface area contributed by atoms with Gasteiger partial charge in [0.2, 0.25) is 0 Å². The summed E-state index contributed by atoms with van der Waals surface area (Å²) >= 11 is 0. The zero-order valence-corrected chi connectivity index (χ0v) is 13.2. The zero-order valence-electron chi connectivity index (χ0n) is 12.2. The maximum Gasteiger partial charge on any atom is 0.126 e. The van der Waals surface area contributed by atoms with Crippen molar-refractivity contribution in [2.45, 2.75) is 25.8 Å². The first kappa shape index (κ1) is 15.7. The highest BCUT2D eigenvalue weighted by Crippen LogP contribution is 2.26. The molecule has 0 saturated heterocycles. The van der Waals surface area contributed by atoms with Crippen LogP contribution in [-0.4, -0.2) is 15.9 Å². The first-order valence-electron chi connectivity index (χ1n) is 6.48. The molecule has 0 heterocycles. The molecule has 0 aliphatic heterocycles. The minimum Gasteiger partial charge on any atom is -0.240 e. The van der Waals surface area contributed by atoms with Crippen LogP contribution in [0.5, 0.6) is 0 Å². The molecule has 0 amide bonds. The van der Waals surface area contributed by atoms with E-state index < -0.39 is 8.80 Å². The number of hydrogen-bond donors (Lipinski definition) is 0. The van der Waals surface area contributed by atoms with E-state index in [4.69, 9.17) is 5.11 Å². The second-order valence-corrected chi connectivity index (χ2v) is 8.76. The number of rotatable bonds is 2. The number of hydrogen-bond acceptors (Lipinski definition) is 0. The van der Waals surface area contributed by atoms with Crippen molar-refractivity contribution in [1.29, 1.82) is 0 Å². The highest BCUT2D eigenvalue weighted by Gasteiger charge is 2.29. The van der Waals surface area contributed by atoms with E-state index in [1.807, 2.05) is 0 Å². The SMILES string of the molecule is CC(C)(C)[Si](c1ccccc1)c1ccccc1.C[O]. The molecule has 0 aliphatic rings. The predicted molar refractivity (Wildman–Crippen MR) is 84.2 cm³/mol. The van der Waals surface area contributed by atoms with Gasteiger partial charge in [0.15, 0.2) is 0 Å². The minimum atomic E-state index is -0.715. The molecule has 100 valence electrons. The molecule has 2 aromatic rings. The van der Waals surface area contributed by atoms with Gasteiger partial charge in [0.25, 0.3) is 0 Å². The zero-order chi connectivity index (χ0) is 14.3. The molecule has 0 bridgehead atoms. The van der Waals surface area contributed by atoms with Crippen LogP contribution < -0.4 is 10.4 Å². The van der Waals surface area contributed by atoms with Crippen LogP contribution in [0.2, 0.25) is 5.04 Å². The summed E-state index contributed by atoms with van der Waals surface area (Å²) in [6, 6.07) is 21.9. The Morgan fingerprint density at radius 2 is 1.00 bits per heavy atom. The van der Waals surface area contributed by atoms with E-state index >= 15 is 0 Å². The second kappa shape index (κ2) is 7.27. The van der Waals surface area contributed by atoms with Crippen LogP contribution in [-0.2, 0) is 5.11 Å². The van der Waals surface area contributed by atoms with Gasteiger partial charge >= 0.3 is 0 Å². The molecule has 0 unspecified atom stereocenters. The third kappa shape index (κ3) is 4.34. The third-order valence-electron chi connectivity index (χ3n) is 2.87. The van der Waals surface area contributed by atoms with Gasteiger partial charge in [0, 0.05) is 0 Å². The van der Waals surface area contributed by atoms with Crippen molar-refractivity contribution < 1.29 is 5.11 Å². The molecule has 1 nitrogen and oxygen atoms in total. The van der Waals surface area contributed by atoms with Crippen LogP contribution in [0.15, 0.2) is 60.7 Å². The molecule has 0 aromatic heterocycles.